The van der Waals surface area contributed by atoms with E-state index in [0.717, 1.165) is 17.7 Å². The van der Waals surface area contributed by atoms with Crippen LogP contribution in [0.5, 0.6) is 5.75 Å². The van der Waals surface area contributed by atoms with Gasteiger partial charge in [-0.2, -0.15) is 0 Å². The Labute approximate surface area is 140 Å². The lowest BCUT2D eigenvalue weighted by atomic mass is 10.0. The molecule has 2 rings (SSSR count). The van der Waals surface area contributed by atoms with E-state index in [9.17, 15) is 14.9 Å². The van der Waals surface area contributed by atoms with Crippen molar-refractivity contribution in [2.24, 2.45) is 0 Å². The van der Waals surface area contributed by atoms with Crippen molar-refractivity contribution in [2.45, 2.75) is 26.3 Å². The molecule has 0 bridgehead atoms. The number of aryl methyl sites for hydroxylation is 1. The number of methoxy groups -OCH3 is 1. The number of ether oxygens (including phenoxy) is 1. The Balaban J connectivity index is 2.16. The third-order valence-corrected chi connectivity index (χ3v) is 3.89. The van der Waals surface area contributed by atoms with Crippen LogP contribution in [-0.2, 0) is 0 Å². The zero-order chi connectivity index (χ0) is 17.7. The largest absolute Gasteiger partial charge is 0.497 e. The van der Waals surface area contributed by atoms with Crippen molar-refractivity contribution in [3.05, 3.63) is 69.3 Å². The van der Waals surface area contributed by atoms with E-state index < -0.39 is 4.92 Å². The predicted molar refractivity (Wildman–Crippen MR) is 91.3 cm³/mol. The van der Waals surface area contributed by atoms with Gasteiger partial charge in [-0.1, -0.05) is 19.1 Å². The molecule has 1 amide bonds. The molecule has 2 aromatic carbocycles. The molecule has 0 aliphatic rings. The molecule has 1 atom stereocenters. The molecule has 0 fully saturated rings. The summed E-state index contributed by atoms with van der Waals surface area (Å²) in [6, 6.07) is 11.7. The summed E-state index contributed by atoms with van der Waals surface area (Å²) < 4.78 is 5.13. The monoisotopic (exact) mass is 328 g/mol. The SMILES string of the molecule is CC[C@H](NC(=O)c1ccc([N+](=O)[O-])c(C)c1)c1ccc(OC)cc1. The molecule has 24 heavy (non-hydrogen) atoms. The minimum atomic E-state index is -0.455. The molecular formula is C18H20N2O4. The molecule has 0 unspecified atom stereocenters. The zero-order valence-electron chi connectivity index (χ0n) is 13.9. The van der Waals surface area contributed by atoms with Crippen LogP contribution in [0.3, 0.4) is 0 Å². The molecule has 0 heterocycles. The highest BCUT2D eigenvalue weighted by atomic mass is 16.6. The molecule has 0 aliphatic heterocycles. The standard InChI is InChI=1S/C18H20N2O4/c1-4-16(13-5-8-15(24-3)9-6-13)19-18(21)14-7-10-17(20(22)23)12(2)11-14/h5-11,16H,4H2,1-3H3,(H,19,21)/t16-/m0/s1. The van der Waals surface area contributed by atoms with Gasteiger partial charge < -0.3 is 10.1 Å². The van der Waals surface area contributed by atoms with Crippen molar-refractivity contribution in [2.75, 3.05) is 7.11 Å². The van der Waals surface area contributed by atoms with Crippen LogP contribution in [0.2, 0.25) is 0 Å². The Kier molecular flexibility index (Phi) is 5.52. The van der Waals surface area contributed by atoms with Gasteiger partial charge >= 0.3 is 0 Å². The van der Waals surface area contributed by atoms with E-state index in [1.54, 1.807) is 14.0 Å². The van der Waals surface area contributed by atoms with Crippen molar-refractivity contribution in [3.63, 3.8) is 0 Å². The third-order valence-electron chi connectivity index (χ3n) is 3.89. The fourth-order valence-corrected chi connectivity index (χ4v) is 2.50. The van der Waals surface area contributed by atoms with Gasteiger partial charge in [0, 0.05) is 17.2 Å². The van der Waals surface area contributed by atoms with Crippen LogP contribution in [0.1, 0.15) is 40.9 Å². The molecule has 2 aromatic rings. The number of carbonyl (C=O) groups excluding carboxylic acids is 1. The molecule has 6 nitrogen and oxygen atoms in total. The van der Waals surface area contributed by atoms with Crippen molar-refractivity contribution >= 4 is 11.6 Å². The molecule has 126 valence electrons. The second kappa shape index (κ2) is 7.59. The lowest BCUT2D eigenvalue weighted by molar-refractivity contribution is -0.385. The van der Waals surface area contributed by atoms with Crippen molar-refractivity contribution < 1.29 is 14.5 Å². The van der Waals surface area contributed by atoms with Gasteiger partial charge in [0.1, 0.15) is 5.75 Å². The number of amides is 1. The van der Waals surface area contributed by atoms with Crippen LogP contribution in [0, 0.1) is 17.0 Å². The van der Waals surface area contributed by atoms with Crippen LogP contribution in [0.25, 0.3) is 0 Å². The van der Waals surface area contributed by atoms with Crippen LogP contribution in [0.15, 0.2) is 42.5 Å². The maximum Gasteiger partial charge on any atom is 0.272 e. The minimum Gasteiger partial charge on any atom is -0.497 e. The first-order chi connectivity index (χ1) is 11.5. The van der Waals surface area contributed by atoms with Crippen LogP contribution in [0.4, 0.5) is 5.69 Å². The molecular weight excluding hydrogens is 308 g/mol. The Bertz CT molecular complexity index is 741. The van der Waals surface area contributed by atoms with E-state index in [4.69, 9.17) is 4.74 Å². The number of nitro groups is 1. The molecule has 0 spiro atoms. The molecule has 0 radical (unpaired) electrons. The topological polar surface area (TPSA) is 81.5 Å². The number of nitrogens with one attached hydrogen (secondary N) is 1. The van der Waals surface area contributed by atoms with Gasteiger partial charge in [-0.25, -0.2) is 0 Å². The van der Waals surface area contributed by atoms with Gasteiger partial charge in [0.15, 0.2) is 0 Å². The lowest BCUT2D eigenvalue weighted by Gasteiger charge is -2.18. The van der Waals surface area contributed by atoms with Crippen LogP contribution < -0.4 is 10.1 Å². The number of nitrogens with zero attached hydrogens (tertiary/aromatic N) is 1. The van der Waals surface area contributed by atoms with E-state index in [1.165, 1.54) is 18.2 Å². The second-order valence-electron chi connectivity index (χ2n) is 5.47. The van der Waals surface area contributed by atoms with Gasteiger partial charge in [-0.15, -0.1) is 0 Å². The van der Waals surface area contributed by atoms with Crippen molar-refractivity contribution in [1.82, 2.24) is 5.32 Å². The summed E-state index contributed by atoms with van der Waals surface area (Å²) in [5, 5.41) is 13.8. The quantitative estimate of drug-likeness (QED) is 0.646. The summed E-state index contributed by atoms with van der Waals surface area (Å²) in [6.07, 6.45) is 0.726. The molecule has 0 saturated heterocycles. The minimum absolute atomic E-state index is 0.00810. The number of benzene rings is 2. The number of rotatable bonds is 6. The summed E-state index contributed by atoms with van der Waals surface area (Å²) in [7, 11) is 1.60. The van der Waals surface area contributed by atoms with Gasteiger partial charge in [0.25, 0.3) is 11.6 Å². The summed E-state index contributed by atoms with van der Waals surface area (Å²) in [6.45, 7) is 3.60. The van der Waals surface area contributed by atoms with E-state index in [2.05, 4.69) is 5.32 Å². The fourth-order valence-electron chi connectivity index (χ4n) is 2.50. The third kappa shape index (κ3) is 3.90. The maximum absolute atomic E-state index is 12.4. The molecule has 0 aromatic heterocycles. The Morgan fingerprint density at radius 1 is 1.25 bits per heavy atom. The first-order valence-corrected chi connectivity index (χ1v) is 7.66. The van der Waals surface area contributed by atoms with E-state index >= 15 is 0 Å². The highest BCUT2D eigenvalue weighted by Crippen LogP contribution is 2.22. The van der Waals surface area contributed by atoms with Crippen molar-refractivity contribution in [1.29, 1.82) is 0 Å². The van der Waals surface area contributed by atoms with Gasteiger partial charge in [0.2, 0.25) is 0 Å². The lowest BCUT2D eigenvalue weighted by Crippen LogP contribution is -2.28. The highest BCUT2D eigenvalue weighted by molar-refractivity contribution is 5.95. The average Bonchev–Trinajstić information content (AvgIpc) is 2.59. The maximum atomic E-state index is 12.4. The molecule has 1 N–H and O–H groups in total. The molecule has 0 aliphatic carbocycles. The van der Waals surface area contributed by atoms with Gasteiger partial charge in [-0.3, -0.25) is 14.9 Å². The fraction of sp³-hybridized carbons (Fsp3) is 0.278. The normalized spacial score (nSPS) is 11.6. The van der Waals surface area contributed by atoms with E-state index in [0.29, 0.717) is 11.1 Å². The zero-order valence-corrected chi connectivity index (χ0v) is 13.9. The average molecular weight is 328 g/mol. The van der Waals surface area contributed by atoms with Gasteiger partial charge in [-0.05, 0) is 43.2 Å². The Morgan fingerprint density at radius 3 is 2.42 bits per heavy atom. The smallest absolute Gasteiger partial charge is 0.272 e. The van der Waals surface area contributed by atoms with Crippen molar-refractivity contribution in [3.8, 4) is 5.75 Å². The highest BCUT2D eigenvalue weighted by Gasteiger charge is 2.17. The summed E-state index contributed by atoms with van der Waals surface area (Å²) in [4.78, 5) is 22.8. The second-order valence-corrected chi connectivity index (χ2v) is 5.47. The van der Waals surface area contributed by atoms with Crippen LogP contribution in [-0.4, -0.2) is 17.9 Å². The Hall–Kier alpha value is -2.89. The summed E-state index contributed by atoms with van der Waals surface area (Å²) in [5.41, 5.74) is 1.86. The number of hydrogen-bond acceptors (Lipinski definition) is 4. The number of carbonyl (C=O) groups is 1. The first kappa shape index (κ1) is 17.5. The van der Waals surface area contributed by atoms with E-state index in [1.807, 2.05) is 31.2 Å². The first-order valence-electron chi connectivity index (χ1n) is 7.66. The molecule has 6 heteroatoms. The Morgan fingerprint density at radius 2 is 1.92 bits per heavy atom. The predicted octanol–water partition coefficient (Wildman–Crippen LogP) is 3.79. The van der Waals surface area contributed by atoms with Crippen LogP contribution >= 0.6 is 0 Å². The summed E-state index contributed by atoms with van der Waals surface area (Å²) in [5.74, 6) is 0.501. The summed E-state index contributed by atoms with van der Waals surface area (Å²) >= 11 is 0. The number of nitro benzene ring substituents is 1. The molecule has 0 saturated carbocycles. The van der Waals surface area contributed by atoms with E-state index in [-0.39, 0.29) is 17.6 Å². The number of hydrogen-bond donors (Lipinski definition) is 1. The van der Waals surface area contributed by atoms with Gasteiger partial charge in [0.05, 0.1) is 18.1 Å².